The largest absolute Gasteiger partial charge is 0.357 e. The van der Waals surface area contributed by atoms with Crippen molar-refractivity contribution in [1.82, 2.24) is 10.5 Å². The van der Waals surface area contributed by atoms with Crippen LogP contribution in [-0.4, -0.2) is 17.1 Å². The van der Waals surface area contributed by atoms with E-state index >= 15 is 0 Å². The molecule has 5 rings (SSSR count). The number of rotatable bonds is 5. The molecule has 0 radical (unpaired) electrons. The van der Waals surface area contributed by atoms with Crippen molar-refractivity contribution in [2.75, 3.05) is 10.6 Å². The predicted octanol–water partition coefficient (Wildman–Crippen LogP) is 5.32. The molecule has 0 bridgehead atoms. The number of carbonyl (C=O) groups excluding carboxylic acids is 1. The van der Waals surface area contributed by atoms with Gasteiger partial charge in [0.05, 0.1) is 23.0 Å². The van der Waals surface area contributed by atoms with Gasteiger partial charge in [-0.3, -0.25) is 4.79 Å². The van der Waals surface area contributed by atoms with Crippen molar-refractivity contribution in [3.8, 4) is 0 Å². The van der Waals surface area contributed by atoms with Crippen LogP contribution in [-0.2, 0) is 10.5 Å². The summed E-state index contributed by atoms with van der Waals surface area (Å²) in [7, 11) is 0. The molecule has 6 heteroatoms. The standard InChI is InChI=1S/C25H34N4O2/c1-17-16-22(31-29-17)25(27-20-14-8-9-15-21(20)28-25)23(18-10-4-2-5-11-18)24(30)26-19-12-6-3-7-13-19/h8-9,14-16,18-19,23,27-28H,2-7,10-13H2,1H3,(H,26,30). The van der Waals surface area contributed by atoms with Crippen LogP contribution in [0.2, 0.25) is 0 Å². The maximum atomic E-state index is 14.0. The lowest BCUT2D eigenvalue weighted by atomic mass is 9.72. The minimum Gasteiger partial charge on any atom is -0.357 e. The summed E-state index contributed by atoms with van der Waals surface area (Å²) < 4.78 is 5.84. The first kappa shape index (κ1) is 20.4. The van der Waals surface area contributed by atoms with E-state index in [1.807, 2.05) is 25.1 Å². The van der Waals surface area contributed by atoms with E-state index in [1.165, 1.54) is 38.5 Å². The molecule has 1 aliphatic heterocycles. The number of aromatic nitrogens is 1. The van der Waals surface area contributed by atoms with Crippen LogP contribution >= 0.6 is 0 Å². The molecule has 6 nitrogen and oxygen atoms in total. The smallest absolute Gasteiger partial charge is 0.228 e. The van der Waals surface area contributed by atoms with Crippen LogP contribution < -0.4 is 16.0 Å². The monoisotopic (exact) mass is 422 g/mol. The Labute approximate surface area is 184 Å². The van der Waals surface area contributed by atoms with Gasteiger partial charge in [-0.15, -0.1) is 0 Å². The van der Waals surface area contributed by atoms with Crippen molar-refractivity contribution in [2.45, 2.75) is 82.8 Å². The number of nitrogens with zero attached hydrogens (tertiary/aromatic N) is 1. The van der Waals surface area contributed by atoms with Gasteiger partial charge in [-0.1, -0.05) is 55.8 Å². The zero-order valence-corrected chi connectivity index (χ0v) is 18.5. The summed E-state index contributed by atoms with van der Waals surface area (Å²) in [5.41, 5.74) is 2.00. The molecule has 1 aromatic carbocycles. The molecule has 2 saturated carbocycles. The third-order valence-corrected chi connectivity index (χ3v) is 7.43. The summed E-state index contributed by atoms with van der Waals surface area (Å²) in [5, 5.41) is 15.0. The van der Waals surface area contributed by atoms with Crippen LogP contribution in [0.1, 0.15) is 75.7 Å². The van der Waals surface area contributed by atoms with Crippen LogP contribution in [0, 0.1) is 18.8 Å². The van der Waals surface area contributed by atoms with Gasteiger partial charge in [0.2, 0.25) is 5.91 Å². The predicted molar refractivity (Wildman–Crippen MR) is 122 cm³/mol. The number of hydrogen-bond acceptors (Lipinski definition) is 5. The highest BCUT2D eigenvalue weighted by Gasteiger charge is 2.54. The number of fused-ring (bicyclic) bond motifs is 1. The average Bonchev–Trinajstić information content (AvgIpc) is 3.40. The fourth-order valence-electron chi connectivity index (χ4n) is 5.91. The topological polar surface area (TPSA) is 79.2 Å². The summed E-state index contributed by atoms with van der Waals surface area (Å²) in [6.07, 6.45) is 11.6. The minimum absolute atomic E-state index is 0.139. The third-order valence-electron chi connectivity index (χ3n) is 7.43. The summed E-state index contributed by atoms with van der Waals surface area (Å²) in [5.74, 6) is 0.836. The Morgan fingerprint density at radius 1 is 1.03 bits per heavy atom. The van der Waals surface area contributed by atoms with Crippen LogP contribution in [0.3, 0.4) is 0 Å². The maximum absolute atomic E-state index is 14.0. The van der Waals surface area contributed by atoms with Crippen molar-refractivity contribution in [3.05, 3.63) is 41.8 Å². The van der Waals surface area contributed by atoms with Crippen molar-refractivity contribution >= 4 is 17.3 Å². The van der Waals surface area contributed by atoms with Crippen molar-refractivity contribution in [2.24, 2.45) is 11.8 Å². The zero-order valence-electron chi connectivity index (χ0n) is 18.5. The first-order chi connectivity index (χ1) is 15.2. The summed E-state index contributed by atoms with van der Waals surface area (Å²) >= 11 is 0. The van der Waals surface area contributed by atoms with Gasteiger partial charge in [0.15, 0.2) is 11.4 Å². The first-order valence-corrected chi connectivity index (χ1v) is 12.1. The van der Waals surface area contributed by atoms with Crippen LogP contribution in [0.15, 0.2) is 34.9 Å². The van der Waals surface area contributed by atoms with Crippen molar-refractivity contribution in [3.63, 3.8) is 0 Å². The van der Waals surface area contributed by atoms with Gasteiger partial charge in [-0.2, -0.15) is 0 Å². The van der Waals surface area contributed by atoms with E-state index in [1.54, 1.807) is 0 Å². The lowest BCUT2D eigenvalue weighted by Crippen LogP contribution is -2.56. The number of hydrogen-bond donors (Lipinski definition) is 3. The number of carbonyl (C=O) groups is 1. The molecule has 1 unspecified atom stereocenters. The highest BCUT2D eigenvalue weighted by molar-refractivity contribution is 5.86. The number of anilines is 2. The second kappa shape index (κ2) is 8.56. The molecule has 2 fully saturated rings. The minimum atomic E-state index is -0.828. The van der Waals surface area contributed by atoms with E-state index in [2.05, 4.69) is 33.2 Å². The molecule has 1 aromatic heterocycles. The Kier molecular flexibility index (Phi) is 5.63. The number of para-hydroxylation sites is 2. The van der Waals surface area contributed by atoms with Gasteiger partial charge in [-0.05, 0) is 50.7 Å². The fraction of sp³-hybridized carbons (Fsp3) is 0.600. The SMILES string of the molecule is Cc1cc(C2(C(C(=O)NC3CCCCC3)C3CCCCC3)Nc3ccccc3N2)on1. The molecule has 1 atom stereocenters. The molecule has 0 spiro atoms. The highest BCUT2D eigenvalue weighted by Crippen LogP contribution is 2.49. The molecule has 166 valence electrons. The van der Waals surface area contributed by atoms with E-state index in [4.69, 9.17) is 4.52 Å². The molecule has 31 heavy (non-hydrogen) atoms. The van der Waals surface area contributed by atoms with Crippen molar-refractivity contribution in [1.29, 1.82) is 0 Å². The molecule has 2 aromatic rings. The Balaban J connectivity index is 1.54. The van der Waals surface area contributed by atoms with Gasteiger partial charge in [0.25, 0.3) is 0 Å². The fourth-order valence-corrected chi connectivity index (χ4v) is 5.91. The molecule has 3 aliphatic rings. The summed E-state index contributed by atoms with van der Waals surface area (Å²) in [4.78, 5) is 14.0. The normalized spacial score (nSPS) is 22.2. The van der Waals surface area contributed by atoms with Crippen LogP contribution in [0.5, 0.6) is 0 Å². The molecule has 2 heterocycles. The van der Waals surface area contributed by atoms with Gasteiger partial charge in [-0.25, -0.2) is 0 Å². The van der Waals surface area contributed by atoms with E-state index in [-0.39, 0.29) is 23.8 Å². The van der Waals surface area contributed by atoms with E-state index < -0.39 is 5.66 Å². The van der Waals surface area contributed by atoms with Gasteiger partial charge < -0.3 is 20.5 Å². The third kappa shape index (κ3) is 3.92. The molecule has 1 amide bonds. The second-order valence-electron chi connectivity index (χ2n) is 9.66. The van der Waals surface area contributed by atoms with E-state index in [0.29, 0.717) is 5.76 Å². The maximum Gasteiger partial charge on any atom is 0.228 e. The van der Waals surface area contributed by atoms with Crippen molar-refractivity contribution < 1.29 is 9.32 Å². The van der Waals surface area contributed by atoms with Crippen LogP contribution in [0.25, 0.3) is 0 Å². The lowest BCUT2D eigenvalue weighted by Gasteiger charge is -2.42. The quantitative estimate of drug-likeness (QED) is 0.608. The zero-order chi connectivity index (χ0) is 21.3. The Hall–Kier alpha value is -2.50. The number of aryl methyl sites for hydroxylation is 1. The lowest BCUT2D eigenvalue weighted by molar-refractivity contribution is -0.130. The molecular formula is C25H34N4O2. The van der Waals surface area contributed by atoms with Crippen LogP contribution in [0.4, 0.5) is 11.4 Å². The molecular weight excluding hydrogens is 388 g/mol. The number of amides is 1. The number of benzene rings is 1. The average molecular weight is 423 g/mol. The van der Waals surface area contributed by atoms with E-state index in [0.717, 1.165) is 42.8 Å². The Morgan fingerprint density at radius 3 is 2.23 bits per heavy atom. The molecule has 0 saturated heterocycles. The Bertz CT molecular complexity index is 887. The second-order valence-corrected chi connectivity index (χ2v) is 9.66. The molecule has 3 N–H and O–H groups in total. The molecule has 2 aliphatic carbocycles. The number of nitrogens with one attached hydrogen (secondary N) is 3. The van der Waals surface area contributed by atoms with Gasteiger partial charge >= 0.3 is 0 Å². The van der Waals surface area contributed by atoms with E-state index in [9.17, 15) is 4.79 Å². The van der Waals surface area contributed by atoms with Gasteiger partial charge in [0, 0.05) is 12.1 Å². The highest BCUT2D eigenvalue weighted by atomic mass is 16.5. The first-order valence-electron chi connectivity index (χ1n) is 12.1. The van der Waals surface area contributed by atoms with Gasteiger partial charge in [0.1, 0.15) is 0 Å². The Morgan fingerprint density at radius 2 is 1.65 bits per heavy atom. The summed E-state index contributed by atoms with van der Waals surface area (Å²) in [6.45, 7) is 1.93. The summed E-state index contributed by atoms with van der Waals surface area (Å²) in [6, 6.07) is 10.4.